The van der Waals surface area contributed by atoms with Crippen LogP contribution >= 0.6 is 0 Å². The van der Waals surface area contributed by atoms with Gasteiger partial charge in [-0.2, -0.15) is 0 Å². The Labute approximate surface area is 147 Å². The van der Waals surface area contributed by atoms with E-state index in [0.29, 0.717) is 17.2 Å². The van der Waals surface area contributed by atoms with Crippen molar-refractivity contribution in [3.63, 3.8) is 0 Å². The predicted molar refractivity (Wildman–Crippen MR) is 92.9 cm³/mol. The standard InChI is InChI=1S/C17H15N5O4/c18-16-6-1-11(8-19-16)7-14(17(23)24)15-9-21(10-20-15)12-2-4-13(5-3-12)22(25)26/h1-6,8-10,14H,7H2,(H2,18,19)(H,23,24). The summed E-state index contributed by atoms with van der Waals surface area (Å²) in [6, 6.07) is 9.25. The molecule has 26 heavy (non-hydrogen) atoms. The molecule has 0 spiro atoms. The van der Waals surface area contributed by atoms with Crippen molar-refractivity contribution < 1.29 is 14.8 Å². The van der Waals surface area contributed by atoms with Crippen LogP contribution in [-0.2, 0) is 11.2 Å². The Kier molecular flexibility index (Phi) is 4.61. The highest BCUT2D eigenvalue weighted by Gasteiger charge is 2.23. The summed E-state index contributed by atoms with van der Waals surface area (Å²) < 4.78 is 1.62. The molecule has 0 fully saturated rings. The Morgan fingerprint density at radius 3 is 2.54 bits per heavy atom. The second-order valence-electron chi connectivity index (χ2n) is 5.67. The van der Waals surface area contributed by atoms with Gasteiger partial charge in [-0.25, -0.2) is 9.97 Å². The van der Waals surface area contributed by atoms with Crippen molar-refractivity contribution in [1.29, 1.82) is 0 Å². The SMILES string of the molecule is Nc1ccc(CC(C(=O)O)c2cn(-c3ccc([N+](=O)[O-])cc3)cn2)cn1. The van der Waals surface area contributed by atoms with Gasteiger partial charge in [0.1, 0.15) is 11.7 Å². The van der Waals surface area contributed by atoms with Gasteiger partial charge in [0.2, 0.25) is 0 Å². The summed E-state index contributed by atoms with van der Waals surface area (Å²) in [5.41, 5.74) is 7.28. The number of non-ortho nitro benzene ring substituents is 1. The summed E-state index contributed by atoms with van der Waals surface area (Å²) in [5, 5.41) is 20.3. The highest BCUT2D eigenvalue weighted by Crippen LogP contribution is 2.22. The second kappa shape index (κ2) is 7.01. The van der Waals surface area contributed by atoms with Crippen LogP contribution < -0.4 is 5.73 Å². The van der Waals surface area contributed by atoms with Crippen LogP contribution in [-0.4, -0.2) is 30.5 Å². The number of carboxylic acids is 1. The van der Waals surface area contributed by atoms with E-state index in [1.165, 1.54) is 18.5 Å². The maximum absolute atomic E-state index is 11.7. The highest BCUT2D eigenvalue weighted by atomic mass is 16.6. The number of imidazole rings is 1. The topological polar surface area (TPSA) is 137 Å². The number of nitrogen functional groups attached to an aromatic ring is 1. The summed E-state index contributed by atoms with van der Waals surface area (Å²) in [6.07, 6.45) is 4.84. The van der Waals surface area contributed by atoms with Gasteiger partial charge in [-0.15, -0.1) is 0 Å². The predicted octanol–water partition coefficient (Wildman–Crippen LogP) is 2.17. The number of pyridine rings is 1. The van der Waals surface area contributed by atoms with Gasteiger partial charge in [-0.3, -0.25) is 14.9 Å². The van der Waals surface area contributed by atoms with Gasteiger partial charge in [0, 0.05) is 30.2 Å². The number of hydrogen-bond donors (Lipinski definition) is 2. The molecular formula is C17H15N5O4. The van der Waals surface area contributed by atoms with Crippen molar-refractivity contribution in [3.05, 3.63) is 76.5 Å². The van der Waals surface area contributed by atoms with Crippen molar-refractivity contribution in [3.8, 4) is 5.69 Å². The molecule has 0 bridgehead atoms. The van der Waals surface area contributed by atoms with Crippen molar-refractivity contribution in [2.45, 2.75) is 12.3 Å². The van der Waals surface area contributed by atoms with E-state index in [0.717, 1.165) is 5.56 Å². The number of anilines is 1. The third kappa shape index (κ3) is 3.66. The van der Waals surface area contributed by atoms with E-state index in [4.69, 9.17) is 5.73 Å². The highest BCUT2D eigenvalue weighted by molar-refractivity contribution is 5.75. The zero-order chi connectivity index (χ0) is 18.7. The number of aliphatic carboxylic acids is 1. The van der Waals surface area contributed by atoms with Gasteiger partial charge in [-0.05, 0) is 30.2 Å². The van der Waals surface area contributed by atoms with E-state index in [1.807, 2.05) is 0 Å². The van der Waals surface area contributed by atoms with E-state index in [-0.39, 0.29) is 12.1 Å². The average Bonchev–Trinajstić information content (AvgIpc) is 3.10. The smallest absolute Gasteiger partial charge is 0.312 e. The van der Waals surface area contributed by atoms with E-state index in [1.54, 1.807) is 41.2 Å². The van der Waals surface area contributed by atoms with Gasteiger partial charge in [0.25, 0.3) is 5.69 Å². The largest absolute Gasteiger partial charge is 0.481 e. The first-order chi connectivity index (χ1) is 12.4. The van der Waals surface area contributed by atoms with Crippen LogP contribution in [0.3, 0.4) is 0 Å². The molecule has 1 aromatic carbocycles. The third-order valence-electron chi connectivity index (χ3n) is 3.90. The molecule has 2 aromatic heterocycles. The number of carboxylic acid groups (broad SMARTS) is 1. The number of nitro groups is 1. The minimum absolute atomic E-state index is 0.0200. The molecule has 3 aromatic rings. The number of hydrogen-bond acceptors (Lipinski definition) is 6. The number of nitrogens with two attached hydrogens (primary N) is 1. The van der Waals surface area contributed by atoms with Crippen LogP contribution in [0.15, 0.2) is 55.1 Å². The molecule has 1 atom stereocenters. The van der Waals surface area contributed by atoms with Gasteiger partial charge in [0.15, 0.2) is 0 Å². The van der Waals surface area contributed by atoms with Gasteiger partial charge in [0.05, 0.1) is 16.9 Å². The first-order valence-electron chi connectivity index (χ1n) is 7.66. The van der Waals surface area contributed by atoms with E-state index in [2.05, 4.69) is 9.97 Å². The molecular weight excluding hydrogens is 338 g/mol. The Balaban J connectivity index is 1.84. The third-order valence-corrected chi connectivity index (χ3v) is 3.90. The Bertz CT molecular complexity index is 935. The number of rotatable bonds is 6. The fraction of sp³-hybridized carbons (Fsp3) is 0.118. The monoisotopic (exact) mass is 353 g/mol. The maximum Gasteiger partial charge on any atom is 0.312 e. The molecule has 132 valence electrons. The van der Waals surface area contributed by atoms with Gasteiger partial charge >= 0.3 is 5.97 Å². The lowest BCUT2D eigenvalue weighted by atomic mass is 9.98. The molecule has 0 aliphatic heterocycles. The van der Waals surface area contributed by atoms with Gasteiger partial charge < -0.3 is 15.4 Å². The molecule has 0 aliphatic rings. The van der Waals surface area contributed by atoms with Gasteiger partial charge in [-0.1, -0.05) is 6.07 Å². The second-order valence-corrected chi connectivity index (χ2v) is 5.67. The van der Waals surface area contributed by atoms with Crippen LogP contribution in [0.1, 0.15) is 17.2 Å². The summed E-state index contributed by atoms with van der Waals surface area (Å²) in [6.45, 7) is 0. The quantitative estimate of drug-likeness (QED) is 0.511. The fourth-order valence-electron chi connectivity index (χ4n) is 2.52. The fourth-order valence-corrected chi connectivity index (χ4v) is 2.52. The Morgan fingerprint density at radius 2 is 1.96 bits per heavy atom. The molecule has 0 aliphatic carbocycles. The molecule has 3 rings (SSSR count). The number of carbonyl (C=O) groups is 1. The van der Waals surface area contributed by atoms with Crippen molar-refractivity contribution in [2.75, 3.05) is 5.73 Å². The first kappa shape index (κ1) is 17.1. The molecule has 9 heteroatoms. The molecule has 0 saturated heterocycles. The van der Waals surface area contributed by atoms with Crippen molar-refractivity contribution in [2.24, 2.45) is 0 Å². The molecule has 0 amide bonds. The van der Waals surface area contributed by atoms with E-state index in [9.17, 15) is 20.0 Å². The minimum atomic E-state index is -1.00. The molecule has 0 radical (unpaired) electrons. The Hall–Kier alpha value is -3.75. The first-order valence-corrected chi connectivity index (χ1v) is 7.66. The van der Waals surface area contributed by atoms with Crippen molar-refractivity contribution in [1.82, 2.24) is 14.5 Å². The zero-order valence-corrected chi connectivity index (χ0v) is 13.5. The number of nitro benzene ring substituents is 1. The zero-order valence-electron chi connectivity index (χ0n) is 13.5. The molecule has 1 unspecified atom stereocenters. The summed E-state index contributed by atoms with van der Waals surface area (Å²) in [5.74, 6) is -1.49. The normalized spacial score (nSPS) is 11.8. The summed E-state index contributed by atoms with van der Waals surface area (Å²) in [4.78, 5) is 30.1. The summed E-state index contributed by atoms with van der Waals surface area (Å²) in [7, 11) is 0. The molecule has 0 saturated carbocycles. The minimum Gasteiger partial charge on any atom is -0.481 e. The molecule has 3 N–H and O–H groups in total. The number of nitrogens with zero attached hydrogens (tertiary/aromatic N) is 4. The summed E-state index contributed by atoms with van der Waals surface area (Å²) >= 11 is 0. The Morgan fingerprint density at radius 1 is 1.23 bits per heavy atom. The molecule has 9 nitrogen and oxygen atoms in total. The lowest BCUT2D eigenvalue weighted by Crippen LogP contribution is -2.15. The van der Waals surface area contributed by atoms with Crippen LogP contribution in [0, 0.1) is 10.1 Å². The van der Waals surface area contributed by atoms with Crippen LogP contribution in [0.2, 0.25) is 0 Å². The lowest BCUT2D eigenvalue weighted by Gasteiger charge is -2.09. The maximum atomic E-state index is 11.7. The van der Waals surface area contributed by atoms with Crippen molar-refractivity contribution >= 4 is 17.5 Å². The molecule has 2 heterocycles. The van der Waals surface area contributed by atoms with E-state index >= 15 is 0 Å². The van der Waals surface area contributed by atoms with E-state index < -0.39 is 16.8 Å². The van der Waals surface area contributed by atoms with Crippen LogP contribution in [0.25, 0.3) is 5.69 Å². The lowest BCUT2D eigenvalue weighted by molar-refractivity contribution is -0.384. The number of aromatic nitrogens is 3. The van der Waals surface area contributed by atoms with Crippen LogP contribution in [0.5, 0.6) is 0 Å². The average molecular weight is 353 g/mol. The van der Waals surface area contributed by atoms with Crippen LogP contribution in [0.4, 0.5) is 11.5 Å². The number of benzene rings is 1.